The topological polar surface area (TPSA) is 39.7 Å². The van der Waals surface area contributed by atoms with Gasteiger partial charge in [-0.1, -0.05) is 6.07 Å². The molecule has 0 heterocycles. The van der Waals surface area contributed by atoms with E-state index >= 15 is 0 Å². The van der Waals surface area contributed by atoms with E-state index in [1.54, 1.807) is 21.3 Å². The summed E-state index contributed by atoms with van der Waals surface area (Å²) in [6.45, 7) is 4.19. The molecule has 0 aliphatic rings. The van der Waals surface area contributed by atoms with Gasteiger partial charge in [0.2, 0.25) is 0 Å². The Morgan fingerprint density at radius 3 is 2.05 bits per heavy atom. The van der Waals surface area contributed by atoms with E-state index in [1.807, 2.05) is 25.2 Å². The first-order chi connectivity index (χ1) is 9.49. The van der Waals surface area contributed by atoms with Crippen molar-refractivity contribution in [3.8, 4) is 11.5 Å². The molecule has 1 aromatic rings. The van der Waals surface area contributed by atoms with Crippen LogP contribution in [0.5, 0.6) is 11.5 Å². The molecule has 0 aliphatic heterocycles. The molecule has 1 N–H and O–H groups in total. The van der Waals surface area contributed by atoms with Crippen LogP contribution < -0.4 is 14.8 Å². The SMILES string of the molecule is CNC(CCC(C)(C)OC)c1c(OC)cccc1OC. The standard InChI is InChI=1S/C16H27NO3/c1-16(2,20-6)11-10-12(17-3)15-13(18-4)8-7-9-14(15)19-5/h7-9,12,17H,10-11H2,1-6H3. The van der Waals surface area contributed by atoms with Crippen molar-refractivity contribution < 1.29 is 14.2 Å². The van der Waals surface area contributed by atoms with Crippen molar-refractivity contribution in [2.24, 2.45) is 0 Å². The van der Waals surface area contributed by atoms with E-state index in [-0.39, 0.29) is 11.6 Å². The van der Waals surface area contributed by atoms with Crippen molar-refractivity contribution in [1.82, 2.24) is 5.32 Å². The minimum atomic E-state index is -0.135. The van der Waals surface area contributed by atoms with E-state index in [4.69, 9.17) is 14.2 Å². The maximum Gasteiger partial charge on any atom is 0.127 e. The molecule has 0 fully saturated rings. The molecule has 0 aliphatic carbocycles. The highest BCUT2D eigenvalue weighted by atomic mass is 16.5. The van der Waals surface area contributed by atoms with Gasteiger partial charge < -0.3 is 19.5 Å². The normalized spacial score (nSPS) is 13.1. The van der Waals surface area contributed by atoms with Gasteiger partial charge in [0.15, 0.2) is 0 Å². The monoisotopic (exact) mass is 281 g/mol. The first-order valence-electron chi connectivity index (χ1n) is 6.92. The molecule has 0 saturated carbocycles. The summed E-state index contributed by atoms with van der Waals surface area (Å²) in [6.07, 6.45) is 1.88. The molecule has 0 amide bonds. The number of rotatable bonds is 8. The molecule has 4 heteroatoms. The van der Waals surface area contributed by atoms with E-state index in [1.165, 1.54) is 0 Å². The summed E-state index contributed by atoms with van der Waals surface area (Å²) in [5, 5.41) is 3.35. The summed E-state index contributed by atoms with van der Waals surface area (Å²) in [5.41, 5.74) is 0.927. The van der Waals surface area contributed by atoms with Crippen LogP contribution in [0.2, 0.25) is 0 Å². The van der Waals surface area contributed by atoms with Crippen LogP contribution in [0.4, 0.5) is 0 Å². The second-order valence-electron chi connectivity index (χ2n) is 5.42. The van der Waals surface area contributed by atoms with Gasteiger partial charge >= 0.3 is 0 Å². The molecular weight excluding hydrogens is 254 g/mol. The van der Waals surface area contributed by atoms with Gasteiger partial charge in [0.1, 0.15) is 11.5 Å². The van der Waals surface area contributed by atoms with Crippen molar-refractivity contribution >= 4 is 0 Å². The molecule has 0 saturated heterocycles. The molecule has 20 heavy (non-hydrogen) atoms. The van der Waals surface area contributed by atoms with Crippen LogP contribution in [0, 0.1) is 0 Å². The lowest BCUT2D eigenvalue weighted by molar-refractivity contribution is 0.0117. The van der Waals surface area contributed by atoms with Crippen LogP contribution in [0.1, 0.15) is 38.3 Å². The van der Waals surface area contributed by atoms with Crippen molar-refractivity contribution in [2.45, 2.75) is 38.3 Å². The van der Waals surface area contributed by atoms with Crippen LogP contribution in [0.15, 0.2) is 18.2 Å². The second-order valence-corrected chi connectivity index (χ2v) is 5.42. The van der Waals surface area contributed by atoms with Crippen LogP contribution in [-0.4, -0.2) is 34.0 Å². The predicted octanol–water partition coefficient (Wildman–Crippen LogP) is 3.17. The molecule has 0 aromatic heterocycles. The van der Waals surface area contributed by atoms with Crippen LogP contribution in [0.3, 0.4) is 0 Å². The summed E-state index contributed by atoms with van der Waals surface area (Å²) in [5.74, 6) is 1.69. The lowest BCUT2D eigenvalue weighted by atomic mass is 9.94. The largest absolute Gasteiger partial charge is 0.496 e. The van der Waals surface area contributed by atoms with Gasteiger partial charge in [0.05, 0.1) is 25.4 Å². The maximum atomic E-state index is 5.49. The van der Waals surface area contributed by atoms with Crippen LogP contribution in [-0.2, 0) is 4.74 Å². The molecule has 0 radical (unpaired) electrons. The molecule has 1 rings (SSSR count). The number of hydrogen-bond donors (Lipinski definition) is 1. The molecule has 1 atom stereocenters. The summed E-state index contributed by atoms with van der Waals surface area (Å²) in [6, 6.07) is 6.02. The molecule has 4 nitrogen and oxygen atoms in total. The van der Waals surface area contributed by atoms with Crippen molar-refractivity contribution in [1.29, 1.82) is 0 Å². The Kier molecular flexibility index (Phi) is 6.30. The number of benzene rings is 1. The Balaban J connectivity index is 2.99. The number of hydrogen-bond acceptors (Lipinski definition) is 4. The van der Waals surface area contributed by atoms with Gasteiger partial charge in [-0.2, -0.15) is 0 Å². The van der Waals surface area contributed by atoms with Crippen LogP contribution >= 0.6 is 0 Å². The fraction of sp³-hybridized carbons (Fsp3) is 0.625. The van der Waals surface area contributed by atoms with Crippen molar-refractivity contribution in [3.05, 3.63) is 23.8 Å². The lowest BCUT2D eigenvalue weighted by Crippen LogP contribution is -2.26. The first-order valence-corrected chi connectivity index (χ1v) is 6.92. The molecule has 0 bridgehead atoms. The molecule has 0 spiro atoms. The zero-order chi connectivity index (χ0) is 15.2. The maximum absolute atomic E-state index is 5.49. The highest BCUT2D eigenvalue weighted by Crippen LogP contribution is 2.37. The zero-order valence-corrected chi connectivity index (χ0v) is 13.4. The Labute approximate surface area is 122 Å². The van der Waals surface area contributed by atoms with Gasteiger partial charge in [-0.05, 0) is 45.9 Å². The predicted molar refractivity (Wildman–Crippen MR) is 81.7 cm³/mol. The van der Waals surface area contributed by atoms with Gasteiger partial charge in [0.25, 0.3) is 0 Å². The van der Waals surface area contributed by atoms with Crippen molar-refractivity contribution in [3.63, 3.8) is 0 Å². The van der Waals surface area contributed by atoms with E-state index in [2.05, 4.69) is 19.2 Å². The van der Waals surface area contributed by atoms with Gasteiger partial charge in [-0.3, -0.25) is 0 Å². The summed E-state index contributed by atoms with van der Waals surface area (Å²) in [4.78, 5) is 0. The van der Waals surface area contributed by atoms with E-state index < -0.39 is 0 Å². The average Bonchev–Trinajstić information content (AvgIpc) is 2.47. The van der Waals surface area contributed by atoms with E-state index in [9.17, 15) is 0 Å². The highest BCUT2D eigenvalue weighted by Gasteiger charge is 2.23. The number of methoxy groups -OCH3 is 3. The average molecular weight is 281 g/mol. The highest BCUT2D eigenvalue weighted by molar-refractivity contribution is 5.47. The van der Waals surface area contributed by atoms with Gasteiger partial charge in [0, 0.05) is 13.2 Å². The fourth-order valence-corrected chi connectivity index (χ4v) is 2.25. The number of nitrogens with one attached hydrogen (secondary N) is 1. The Hall–Kier alpha value is -1.26. The Bertz CT molecular complexity index is 396. The number of ether oxygens (including phenoxy) is 3. The summed E-state index contributed by atoms with van der Waals surface area (Å²) in [7, 11) is 7.07. The first kappa shape index (κ1) is 16.8. The van der Waals surface area contributed by atoms with Crippen molar-refractivity contribution in [2.75, 3.05) is 28.4 Å². The van der Waals surface area contributed by atoms with Gasteiger partial charge in [-0.25, -0.2) is 0 Å². The minimum Gasteiger partial charge on any atom is -0.496 e. The third kappa shape index (κ3) is 4.12. The molecular formula is C16H27NO3. The molecule has 114 valence electrons. The van der Waals surface area contributed by atoms with Gasteiger partial charge in [-0.15, -0.1) is 0 Å². The summed E-state index contributed by atoms with van der Waals surface area (Å²) < 4.78 is 16.4. The molecule has 1 unspecified atom stereocenters. The third-order valence-corrected chi connectivity index (χ3v) is 3.75. The molecule has 1 aromatic carbocycles. The Morgan fingerprint density at radius 2 is 1.65 bits per heavy atom. The zero-order valence-electron chi connectivity index (χ0n) is 13.4. The lowest BCUT2D eigenvalue weighted by Gasteiger charge is -2.27. The van der Waals surface area contributed by atoms with E-state index in [0.717, 1.165) is 29.9 Å². The van der Waals surface area contributed by atoms with E-state index in [0.29, 0.717) is 0 Å². The summed E-state index contributed by atoms with van der Waals surface area (Å²) >= 11 is 0. The minimum absolute atomic E-state index is 0.135. The fourth-order valence-electron chi connectivity index (χ4n) is 2.25. The van der Waals surface area contributed by atoms with Crippen LogP contribution in [0.25, 0.3) is 0 Å². The third-order valence-electron chi connectivity index (χ3n) is 3.75. The quantitative estimate of drug-likeness (QED) is 0.794. The smallest absolute Gasteiger partial charge is 0.127 e. The Morgan fingerprint density at radius 1 is 1.10 bits per heavy atom. The second kappa shape index (κ2) is 7.50.